The molecular weight excluding hydrogens is 312 g/mol. The molecule has 0 aliphatic heterocycles. The van der Waals surface area contributed by atoms with E-state index in [2.05, 4.69) is 12.1 Å². The molecule has 1 N–H and O–H groups in total. The molecule has 3 rings (SSSR count). The van der Waals surface area contributed by atoms with Gasteiger partial charge in [0.25, 0.3) is 0 Å². The predicted octanol–water partition coefficient (Wildman–Crippen LogP) is 5.07. The molecule has 3 heteroatoms. The molecule has 0 aliphatic rings. The van der Waals surface area contributed by atoms with Gasteiger partial charge >= 0.3 is 0 Å². The number of phenols is 1. The molecule has 0 aromatic heterocycles. The van der Waals surface area contributed by atoms with E-state index in [0.717, 1.165) is 39.9 Å². The summed E-state index contributed by atoms with van der Waals surface area (Å²) in [6.07, 6.45) is 0.815. The Morgan fingerprint density at radius 2 is 1.64 bits per heavy atom. The molecule has 3 nitrogen and oxygen atoms in total. The third-order valence-corrected chi connectivity index (χ3v) is 4.15. The van der Waals surface area contributed by atoms with Gasteiger partial charge in [-0.15, -0.1) is 0 Å². The molecule has 126 valence electrons. The molecule has 0 atom stereocenters. The summed E-state index contributed by atoms with van der Waals surface area (Å²) in [5.74, 6) is 1.02. The van der Waals surface area contributed by atoms with Crippen molar-refractivity contribution in [3.05, 3.63) is 82.9 Å². The highest BCUT2D eigenvalue weighted by Gasteiger charge is 2.08. The number of aromatic hydroxyl groups is 1. The minimum Gasteiger partial charge on any atom is -0.508 e. The lowest BCUT2D eigenvalue weighted by molar-refractivity contribution is 0.112. The predicted molar refractivity (Wildman–Crippen MR) is 99.2 cm³/mol. The lowest BCUT2D eigenvalue weighted by Gasteiger charge is -2.13. The molecule has 0 saturated carbocycles. The summed E-state index contributed by atoms with van der Waals surface area (Å²) in [4.78, 5) is 10.7. The Kier molecular flexibility index (Phi) is 4.85. The number of phenolic OH excluding ortho intramolecular Hbond substituents is 1. The third kappa shape index (κ3) is 3.89. The first-order valence-corrected chi connectivity index (χ1v) is 8.14. The van der Waals surface area contributed by atoms with Crippen LogP contribution in [-0.4, -0.2) is 11.4 Å². The van der Waals surface area contributed by atoms with Crippen LogP contribution in [0.25, 0.3) is 11.1 Å². The van der Waals surface area contributed by atoms with Crippen molar-refractivity contribution in [1.29, 1.82) is 0 Å². The van der Waals surface area contributed by atoms with Crippen molar-refractivity contribution < 1.29 is 14.6 Å². The van der Waals surface area contributed by atoms with Crippen LogP contribution in [0.4, 0.5) is 0 Å². The van der Waals surface area contributed by atoms with Crippen molar-refractivity contribution in [2.24, 2.45) is 0 Å². The molecule has 0 amide bonds. The molecule has 0 radical (unpaired) electrons. The molecule has 0 bridgehead atoms. The smallest absolute Gasteiger partial charge is 0.150 e. The maximum absolute atomic E-state index is 10.7. The highest BCUT2D eigenvalue weighted by Crippen LogP contribution is 2.31. The Morgan fingerprint density at radius 1 is 0.960 bits per heavy atom. The SMILES string of the molecule is Cc1cc(O)cc(C)c1-c1cccc(COc2ccc(C=O)cc2)c1. The van der Waals surface area contributed by atoms with Gasteiger partial charge in [0.1, 0.15) is 24.4 Å². The number of hydrogen-bond acceptors (Lipinski definition) is 3. The summed E-state index contributed by atoms with van der Waals surface area (Å²) in [5, 5.41) is 9.73. The van der Waals surface area contributed by atoms with Crippen LogP contribution < -0.4 is 4.74 Å². The first kappa shape index (κ1) is 16.8. The van der Waals surface area contributed by atoms with Crippen LogP contribution in [0.1, 0.15) is 27.0 Å². The Labute approximate surface area is 147 Å². The highest BCUT2D eigenvalue weighted by molar-refractivity contribution is 5.75. The van der Waals surface area contributed by atoms with Crippen molar-refractivity contribution >= 4 is 6.29 Å². The van der Waals surface area contributed by atoms with Crippen LogP contribution in [0.3, 0.4) is 0 Å². The van der Waals surface area contributed by atoms with E-state index in [4.69, 9.17) is 4.74 Å². The molecule has 0 fully saturated rings. The van der Waals surface area contributed by atoms with Crippen molar-refractivity contribution in [1.82, 2.24) is 0 Å². The second kappa shape index (κ2) is 7.22. The quantitative estimate of drug-likeness (QED) is 0.664. The van der Waals surface area contributed by atoms with Gasteiger partial charge in [-0.3, -0.25) is 4.79 Å². The summed E-state index contributed by atoms with van der Waals surface area (Å²) in [5.41, 5.74) is 6.01. The van der Waals surface area contributed by atoms with Gasteiger partial charge in [-0.2, -0.15) is 0 Å². The minimum atomic E-state index is 0.289. The minimum absolute atomic E-state index is 0.289. The van der Waals surface area contributed by atoms with Crippen molar-refractivity contribution in [3.8, 4) is 22.6 Å². The van der Waals surface area contributed by atoms with E-state index >= 15 is 0 Å². The molecule has 0 heterocycles. The normalized spacial score (nSPS) is 10.5. The van der Waals surface area contributed by atoms with Gasteiger partial charge in [-0.05, 0) is 84.1 Å². The van der Waals surface area contributed by atoms with Gasteiger partial charge in [0.2, 0.25) is 0 Å². The van der Waals surface area contributed by atoms with E-state index in [0.29, 0.717) is 12.2 Å². The summed E-state index contributed by atoms with van der Waals surface area (Å²) < 4.78 is 5.81. The van der Waals surface area contributed by atoms with Crippen LogP contribution in [0.2, 0.25) is 0 Å². The molecule has 0 unspecified atom stereocenters. The molecule has 3 aromatic carbocycles. The van der Waals surface area contributed by atoms with Crippen LogP contribution >= 0.6 is 0 Å². The van der Waals surface area contributed by atoms with E-state index in [-0.39, 0.29) is 5.75 Å². The van der Waals surface area contributed by atoms with E-state index in [1.54, 1.807) is 36.4 Å². The molecule has 0 saturated heterocycles. The summed E-state index contributed by atoms with van der Waals surface area (Å²) in [6, 6.07) is 18.8. The topological polar surface area (TPSA) is 46.5 Å². The Bertz CT molecular complexity index is 872. The average molecular weight is 332 g/mol. The van der Waals surface area contributed by atoms with Gasteiger partial charge in [-0.1, -0.05) is 18.2 Å². The van der Waals surface area contributed by atoms with Crippen LogP contribution in [0.5, 0.6) is 11.5 Å². The summed E-state index contributed by atoms with van der Waals surface area (Å²) in [6.45, 7) is 4.45. The maximum atomic E-state index is 10.7. The van der Waals surface area contributed by atoms with E-state index in [1.165, 1.54) is 0 Å². The second-order valence-corrected chi connectivity index (χ2v) is 6.13. The monoisotopic (exact) mass is 332 g/mol. The number of aryl methyl sites for hydroxylation is 2. The number of carbonyl (C=O) groups excluding carboxylic acids is 1. The third-order valence-electron chi connectivity index (χ3n) is 4.15. The number of carbonyl (C=O) groups is 1. The Hall–Kier alpha value is -3.07. The van der Waals surface area contributed by atoms with Gasteiger partial charge < -0.3 is 9.84 Å². The zero-order valence-electron chi connectivity index (χ0n) is 14.3. The highest BCUT2D eigenvalue weighted by atomic mass is 16.5. The summed E-state index contributed by atoms with van der Waals surface area (Å²) in [7, 11) is 0. The van der Waals surface area contributed by atoms with Gasteiger partial charge in [0.05, 0.1) is 0 Å². The molecular formula is C22H20O3. The van der Waals surface area contributed by atoms with Crippen molar-refractivity contribution in [2.75, 3.05) is 0 Å². The molecule has 3 aromatic rings. The second-order valence-electron chi connectivity index (χ2n) is 6.13. The van der Waals surface area contributed by atoms with Crippen molar-refractivity contribution in [3.63, 3.8) is 0 Å². The maximum Gasteiger partial charge on any atom is 0.150 e. The van der Waals surface area contributed by atoms with Gasteiger partial charge in [-0.25, -0.2) is 0 Å². The van der Waals surface area contributed by atoms with Crippen LogP contribution in [0.15, 0.2) is 60.7 Å². The lowest BCUT2D eigenvalue weighted by Crippen LogP contribution is -1.96. The van der Waals surface area contributed by atoms with Crippen LogP contribution in [-0.2, 0) is 6.61 Å². The molecule has 25 heavy (non-hydrogen) atoms. The molecule has 0 spiro atoms. The Balaban J connectivity index is 1.81. The van der Waals surface area contributed by atoms with E-state index in [1.807, 2.05) is 26.0 Å². The first-order valence-electron chi connectivity index (χ1n) is 8.14. The van der Waals surface area contributed by atoms with E-state index in [9.17, 15) is 9.90 Å². The zero-order valence-corrected chi connectivity index (χ0v) is 14.3. The summed E-state index contributed by atoms with van der Waals surface area (Å²) >= 11 is 0. The fourth-order valence-electron chi connectivity index (χ4n) is 3.02. The standard InChI is InChI=1S/C22H20O3/c1-15-10-20(24)11-16(2)22(15)19-5-3-4-18(12-19)14-25-21-8-6-17(13-23)7-9-21/h3-13,24H,14H2,1-2H3. The fourth-order valence-corrected chi connectivity index (χ4v) is 3.02. The molecule has 0 aliphatic carbocycles. The average Bonchev–Trinajstić information content (AvgIpc) is 2.60. The zero-order chi connectivity index (χ0) is 17.8. The first-order chi connectivity index (χ1) is 12.1. The van der Waals surface area contributed by atoms with Crippen LogP contribution in [0, 0.1) is 13.8 Å². The van der Waals surface area contributed by atoms with Crippen molar-refractivity contribution in [2.45, 2.75) is 20.5 Å². The number of benzene rings is 3. The lowest BCUT2D eigenvalue weighted by atomic mass is 9.94. The van der Waals surface area contributed by atoms with E-state index < -0.39 is 0 Å². The largest absolute Gasteiger partial charge is 0.508 e. The number of aldehydes is 1. The fraction of sp³-hybridized carbons (Fsp3) is 0.136. The Morgan fingerprint density at radius 3 is 2.28 bits per heavy atom. The number of rotatable bonds is 5. The number of hydrogen-bond donors (Lipinski definition) is 1. The van der Waals surface area contributed by atoms with Gasteiger partial charge in [0, 0.05) is 5.56 Å². The number of ether oxygens (including phenoxy) is 1. The van der Waals surface area contributed by atoms with Gasteiger partial charge in [0.15, 0.2) is 0 Å².